The van der Waals surface area contributed by atoms with E-state index in [2.05, 4.69) is 13.0 Å². The highest BCUT2D eigenvalue weighted by Gasteiger charge is 2.21. The quantitative estimate of drug-likeness (QED) is 0.835. The van der Waals surface area contributed by atoms with Crippen LogP contribution in [0.4, 0.5) is 0 Å². The number of hydrogen-bond donors (Lipinski definition) is 0. The van der Waals surface area contributed by atoms with Gasteiger partial charge >= 0.3 is 0 Å². The second kappa shape index (κ2) is 6.24. The van der Waals surface area contributed by atoms with Crippen molar-refractivity contribution in [2.45, 2.75) is 19.8 Å². The summed E-state index contributed by atoms with van der Waals surface area (Å²) in [6, 6.07) is 9.02. The Hall–Kier alpha value is -2.02. The van der Waals surface area contributed by atoms with Gasteiger partial charge < -0.3 is 9.64 Å². The van der Waals surface area contributed by atoms with Crippen LogP contribution in [0, 0.1) is 17.2 Å². The number of carbonyl (C=O) groups excluding carboxylic acids is 1. The molecule has 100 valence electrons. The molecule has 0 bridgehead atoms. The molecule has 0 aliphatic carbocycles. The largest absolute Gasteiger partial charge is 0.482 e. The number of piperidine rings is 1. The van der Waals surface area contributed by atoms with E-state index in [1.54, 1.807) is 24.3 Å². The predicted octanol–water partition coefficient (Wildman–Crippen LogP) is 2.20. The average Bonchev–Trinajstić information content (AvgIpc) is 2.45. The maximum Gasteiger partial charge on any atom is 0.260 e. The summed E-state index contributed by atoms with van der Waals surface area (Å²) in [5.74, 6) is 1.03. The molecule has 1 aromatic carbocycles. The molecular weight excluding hydrogens is 240 g/mol. The third kappa shape index (κ3) is 3.47. The molecule has 1 heterocycles. The Morgan fingerprint density at radius 1 is 1.53 bits per heavy atom. The van der Waals surface area contributed by atoms with Gasteiger partial charge in [0, 0.05) is 13.1 Å². The van der Waals surface area contributed by atoms with Crippen LogP contribution in [0.2, 0.25) is 0 Å². The van der Waals surface area contributed by atoms with E-state index in [4.69, 9.17) is 10.00 Å². The zero-order valence-corrected chi connectivity index (χ0v) is 11.1. The summed E-state index contributed by atoms with van der Waals surface area (Å²) in [5, 5.41) is 8.94. The maximum atomic E-state index is 12.0. The summed E-state index contributed by atoms with van der Waals surface area (Å²) in [6.45, 7) is 3.78. The van der Waals surface area contributed by atoms with Gasteiger partial charge in [-0.15, -0.1) is 0 Å². The minimum absolute atomic E-state index is 0.000655. The summed E-state index contributed by atoms with van der Waals surface area (Å²) in [7, 11) is 0. The first-order valence-corrected chi connectivity index (χ1v) is 6.60. The highest BCUT2D eigenvalue weighted by atomic mass is 16.5. The van der Waals surface area contributed by atoms with Gasteiger partial charge in [-0.05, 0) is 30.9 Å². The van der Waals surface area contributed by atoms with Gasteiger partial charge in [-0.25, -0.2) is 0 Å². The average molecular weight is 258 g/mol. The fourth-order valence-electron chi connectivity index (χ4n) is 2.33. The number of amides is 1. The van der Waals surface area contributed by atoms with Crippen LogP contribution in [0.5, 0.6) is 5.75 Å². The highest BCUT2D eigenvalue weighted by molar-refractivity contribution is 5.78. The molecule has 0 unspecified atom stereocenters. The molecule has 19 heavy (non-hydrogen) atoms. The van der Waals surface area contributed by atoms with Crippen molar-refractivity contribution in [1.82, 2.24) is 4.90 Å². The Labute approximate surface area is 113 Å². The third-order valence-corrected chi connectivity index (χ3v) is 3.37. The van der Waals surface area contributed by atoms with E-state index in [0.29, 0.717) is 17.2 Å². The van der Waals surface area contributed by atoms with E-state index in [9.17, 15) is 4.79 Å². The molecule has 1 fully saturated rings. The van der Waals surface area contributed by atoms with Crippen LogP contribution < -0.4 is 4.74 Å². The zero-order chi connectivity index (χ0) is 13.7. The molecular formula is C15H18N2O2. The van der Waals surface area contributed by atoms with E-state index < -0.39 is 0 Å². The maximum absolute atomic E-state index is 12.0. The van der Waals surface area contributed by atoms with Crippen molar-refractivity contribution in [3.8, 4) is 11.8 Å². The third-order valence-electron chi connectivity index (χ3n) is 3.37. The lowest BCUT2D eigenvalue weighted by molar-refractivity contribution is -0.135. The summed E-state index contributed by atoms with van der Waals surface area (Å²) in [6.07, 6.45) is 2.24. The normalized spacial score (nSPS) is 18.7. The Kier molecular flexibility index (Phi) is 4.40. The van der Waals surface area contributed by atoms with Crippen LogP contribution >= 0.6 is 0 Å². The van der Waals surface area contributed by atoms with Gasteiger partial charge in [0.1, 0.15) is 11.8 Å². The Balaban J connectivity index is 1.91. The molecule has 1 atom stereocenters. The Bertz CT molecular complexity index is 493. The lowest BCUT2D eigenvalue weighted by Gasteiger charge is -2.30. The SMILES string of the molecule is C[C@@H]1CCCN(C(=O)COc2ccccc2C#N)C1. The van der Waals surface area contributed by atoms with Crippen molar-refractivity contribution in [3.63, 3.8) is 0 Å². The number of nitriles is 1. The van der Waals surface area contributed by atoms with Crippen LogP contribution in [0.15, 0.2) is 24.3 Å². The molecule has 2 rings (SSSR count). The lowest BCUT2D eigenvalue weighted by atomic mass is 10.0. The number of ether oxygens (including phenoxy) is 1. The van der Waals surface area contributed by atoms with Crippen molar-refractivity contribution in [1.29, 1.82) is 5.26 Å². The van der Waals surface area contributed by atoms with Gasteiger partial charge in [0.25, 0.3) is 5.91 Å². The number of benzene rings is 1. The molecule has 0 radical (unpaired) electrons. The molecule has 1 aromatic rings. The molecule has 4 heteroatoms. The minimum Gasteiger partial charge on any atom is -0.482 e. The van der Waals surface area contributed by atoms with Crippen molar-refractivity contribution < 1.29 is 9.53 Å². The van der Waals surface area contributed by atoms with Crippen LogP contribution in [-0.4, -0.2) is 30.5 Å². The first-order valence-electron chi connectivity index (χ1n) is 6.60. The molecule has 0 spiro atoms. The molecule has 1 aliphatic heterocycles. The van der Waals surface area contributed by atoms with Gasteiger partial charge in [0.2, 0.25) is 0 Å². The first-order chi connectivity index (χ1) is 9.20. The Morgan fingerprint density at radius 2 is 2.32 bits per heavy atom. The van der Waals surface area contributed by atoms with Crippen LogP contribution in [0.1, 0.15) is 25.3 Å². The van der Waals surface area contributed by atoms with Crippen molar-refractivity contribution >= 4 is 5.91 Å². The van der Waals surface area contributed by atoms with Gasteiger partial charge in [0.15, 0.2) is 6.61 Å². The molecule has 0 N–H and O–H groups in total. The topological polar surface area (TPSA) is 53.3 Å². The molecule has 1 saturated heterocycles. The second-order valence-corrected chi connectivity index (χ2v) is 4.98. The fourth-order valence-corrected chi connectivity index (χ4v) is 2.33. The van der Waals surface area contributed by atoms with Gasteiger partial charge in [-0.2, -0.15) is 5.26 Å². The highest BCUT2D eigenvalue weighted by Crippen LogP contribution is 2.18. The van der Waals surface area contributed by atoms with Crippen molar-refractivity contribution in [3.05, 3.63) is 29.8 Å². The summed E-state index contributed by atoms with van der Waals surface area (Å²) in [4.78, 5) is 13.9. The van der Waals surface area contributed by atoms with Crippen molar-refractivity contribution in [2.24, 2.45) is 5.92 Å². The number of rotatable bonds is 3. The molecule has 0 aromatic heterocycles. The number of para-hydroxylation sites is 1. The fraction of sp³-hybridized carbons (Fsp3) is 0.467. The molecule has 0 saturated carbocycles. The van der Waals surface area contributed by atoms with Gasteiger partial charge in [-0.3, -0.25) is 4.79 Å². The standard InChI is InChI=1S/C15H18N2O2/c1-12-5-4-8-17(10-12)15(18)11-19-14-7-3-2-6-13(14)9-16/h2-3,6-7,12H,4-5,8,10-11H2,1H3/t12-/m1/s1. The first kappa shape index (κ1) is 13.4. The molecule has 1 aliphatic rings. The van der Waals surface area contributed by atoms with E-state index >= 15 is 0 Å². The number of carbonyl (C=O) groups is 1. The Morgan fingerprint density at radius 3 is 3.05 bits per heavy atom. The number of hydrogen-bond acceptors (Lipinski definition) is 3. The second-order valence-electron chi connectivity index (χ2n) is 4.98. The summed E-state index contributed by atoms with van der Waals surface area (Å²) < 4.78 is 5.46. The predicted molar refractivity (Wildman–Crippen MR) is 71.6 cm³/mol. The number of likely N-dealkylation sites (tertiary alicyclic amines) is 1. The lowest BCUT2D eigenvalue weighted by Crippen LogP contribution is -2.41. The summed E-state index contributed by atoms with van der Waals surface area (Å²) >= 11 is 0. The van der Waals surface area contributed by atoms with Crippen LogP contribution in [0.25, 0.3) is 0 Å². The van der Waals surface area contributed by atoms with E-state index in [-0.39, 0.29) is 12.5 Å². The molecule has 4 nitrogen and oxygen atoms in total. The minimum atomic E-state index is -0.000655. The van der Waals surface area contributed by atoms with E-state index in [1.807, 2.05) is 4.90 Å². The molecule has 1 amide bonds. The zero-order valence-electron chi connectivity index (χ0n) is 11.1. The van der Waals surface area contributed by atoms with Gasteiger partial charge in [-0.1, -0.05) is 19.1 Å². The van der Waals surface area contributed by atoms with Crippen molar-refractivity contribution in [2.75, 3.05) is 19.7 Å². The van der Waals surface area contributed by atoms with E-state index in [0.717, 1.165) is 19.5 Å². The van der Waals surface area contributed by atoms with E-state index in [1.165, 1.54) is 6.42 Å². The smallest absolute Gasteiger partial charge is 0.260 e. The van der Waals surface area contributed by atoms with Crippen LogP contribution in [0.3, 0.4) is 0 Å². The monoisotopic (exact) mass is 258 g/mol. The number of nitrogens with zero attached hydrogens (tertiary/aromatic N) is 2. The van der Waals surface area contributed by atoms with Gasteiger partial charge in [0.05, 0.1) is 5.56 Å². The summed E-state index contributed by atoms with van der Waals surface area (Å²) in [5.41, 5.74) is 0.460. The van der Waals surface area contributed by atoms with Crippen LogP contribution in [-0.2, 0) is 4.79 Å².